The fraction of sp³-hybridized carbons (Fsp3) is 0.0714. The number of anilines is 1. The van der Waals surface area contributed by atoms with Crippen molar-refractivity contribution in [1.29, 1.82) is 0 Å². The van der Waals surface area contributed by atoms with Gasteiger partial charge in [-0.15, -0.1) is 0 Å². The quantitative estimate of drug-likeness (QED) is 0.796. The van der Waals surface area contributed by atoms with Gasteiger partial charge in [0.15, 0.2) is 16.1 Å². The normalized spacial score (nSPS) is 10.7. The molecule has 3 aromatic rings. The molecule has 0 unspecified atom stereocenters. The number of furan rings is 1. The summed E-state index contributed by atoms with van der Waals surface area (Å²) in [6.07, 6.45) is 1.76. The fourth-order valence-electron chi connectivity index (χ4n) is 1.89. The highest BCUT2D eigenvalue weighted by molar-refractivity contribution is 9.10. The van der Waals surface area contributed by atoms with E-state index in [1.165, 1.54) is 0 Å². The summed E-state index contributed by atoms with van der Waals surface area (Å²) < 4.78 is 13.0. The first-order valence-electron chi connectivity index (χ1n) is 5.92. The Morgan fingerprint density at radius 3 is 2.55 bits per heavy atom. The largest absolute Gasteiger partial charge is 0.497 e. The van der Waals surface area contributed by atoms with E-state index in [9.17, 15) is 0 Å². The first kappa shape index (κ1) is 12.8. The summed E-state index contributed by atoms with van der Waals surface area (Å²) in [5, 5.41) is 4.46. The molecule has 5 nitrogen and oxygen atoms in total. The second-order valence-corrected chi connectivity index (χ2v) is 4.96. The van der Waals surface area contributed by atoms with E-state index < -0.39 is 0 Å². The Balaban J connectivity index is 1.99. The van der Waals surface area contributed by atoms with Gasteiger partial charge in [-0.1, -0.05) is 0 Å². The molecule has 0 fully saturated rings. The summed E-state index contributed by atoms with van der Waals surface area (Å²) in [6, 6.07) is 11.2. The van der Waals surface area contributed by atoms with Crippen molar-refractivity contribution in [1.82, 2.24) is 9.78 Å². The second kappa shape index (κ2) is 5.05. The molecule has 0 spiro atoms. The van der Waals surface area contributed by atoms with Crippen LogP contribution in [0.4, 0.5) is 5.69 Å². The molecule has 102 valence electrons. The maximum Gasteiger partial charge on any atom is 0.169 e. The summed E-state index contributed by atoms with van der Waals surface area (Å²) >= 11 is 3.27. The number of nitrogen functional groups attached to an aromatic ring is 1. The molecular weight excluding hydrogens is 322 g/mol. The van der Waals surface area contributed by atoms with Crippen LogP contribution in [-0.4, -0.2) is 16.9 Å². The molecule has 0 aliphatic carbocycles. The van der Waals surface area contributed by atoms with E-state index in [1.54, 1.807) is 24.1 Å². The molecule has 0 radical (unpaired) electrons. The number of hydrogen-bond donors (Lipinski definition) is 1. The van der Waals surface area contributed by atoms with E-state index in [1.807, 2.05) is 30.3 Å². The lowest BCUT2D eigenvalue weighted by Crippen LogP contribution is -1.94. The summed E-state index contributed by atoms with van der Waals surface area (Å²) in [7, 11) is 1.63. The van der Waals surface area contributed by atoms with Gasteiger partial charge in [-0.2, -0.15) is 5.10 Å². The molecule has 0 atom stereocenters. The average molecular weight is 334 g/mol. The lowest BCUT2D eigenvalue weighted by molar-refractivity contribution is 0.414. The first-order valence-corrected chi connectivity index (χ1v) is 6.72. The molecule has 0 aliphatic heterocycles. The van der Waals surface area contributed by atoms with Gasteiger partial charge in [0.05, 0.1) is 24.7 Å². The zero-order chi connectivity index (χ0) is 14.1. The number of hydrogen-bond acceptors (Lipinski definition) is 4. The van der Waals surface area contributed by atoms with Crippen LogP contribution in [0, 0.1) is 0 Å². The van der Waals surface area contributed by atoms with Crippen LogP contribution >= 0.6 is 15.9 Å². The molecule has 20 heavy (non-hydrogen) atoms. The van der Waals surface area contributed by atoms with Crippen LogP contribution < -0.4 is 10.5 Å². The smallest absolute Gasteiger partial charge is 0.169 e. The number of ether oxygens (including phenoxy) is 1. The minimum atomic E-state index is 0.558. The molecule has 0 bridgehead atoms. The fourth-order valence-corrected chi connectivity index (χ4v) is 2.19. The van der Waals surface area contributed by atoms with Gasteiger partial charge < -0.3 is 14.9 Å². The van der Waals surface area contributed by atoms with Crippen molar-refractivity contribution in [3.05, 3.63) is 47.3 Å². The first-order chi connectivity index (χ1) is 9.67. The van der Waals surface area contributed by atoms with Crippen LogP contribution in [0.3, 0.4) is 0 Å². The van der Waals surface area contributed by atoms with Crippen LogP contribution in [0.5, 0.6) is 5.75 Å². The van der Waals surface area contributed by atoms with Gasteiger partial charge >= 0.3 is 0 Å². The lowest BCUT2D eigenvalue weighted by Gasteiger charge is -2.02. The molecule has 0 amide bonds. The van der Waals surface area contributed by atoms with E-state index in [-0.39, 0.29) is 0 Å². The minimum absolute atomic E-state index is 0.558. The topological polar surface area (TPSA) is 66.2 Å². The number of aromatic nitrogens is 2. The van der Waals surface area contributed by atoms with Gasteiger partial charge in [0, 0.05) is 0 Å². The van der Waals surface area contributed by atoms with Crippen LogP contribution in [0.2, 0.25) is 0 Å². The monoisotopic (exact) mass is 333 g/mol. The lowest BCUT2D eigenvalue weighted by atomic mass is 10.3. The van der Waals surface area contributed by atoms with Crippen LogP contribution in [0.25, 0.3) is 17.1 Å². The van der Waals surface area contributed by atoms with Gasteiger partial charge in [-0.05, 0) is 52.3 Å². The Labute approximate surface area is 124 Å². The van der Waals surface area contributed by atoms with Crippen molar-refractivity contribution in [2.24, 2.45) is 0 Å². The highest BCUT2D eigenvalue weighted by Gasteiger charge is 2.13. The number of nitrogens with two attached hydrogens (primary N) is 1. The Kier molecular flexibility index (Phi) is 3.23. The summed E-state index contributed by atoms with van der Waals surface area (Å²) in [5.74, 6) is 1.42. The molecule has 2 N–H and O–H groups in total. The van der Waals surface area contributed by atoms with Gasteiger partial charge in [-0.25, -0.2) is 4.68 Å². The van der Waals surface area contributed by atoms with Crippen molar-refractivity contribution in [2.75, 3.05) is 12.8 Å². The number of benzene rings is 1. The Hall–Kier alpha value is -2.21. The standard InChI is InChI=1S/C14H12BrN3O2/c1-19-10-4-2-9(3-5-10)18-8-11(16)14(17-18)12-6-7-13(15)20-12/h2-8H,16H2,1H3. The van der Waals surface area contributed by atoms with Crippen molar-refractivity contribution in [2.45, 2.75) is 0 Å². The van der Waals surface area contributed by atoms with Gasteiger partial charge in [0.25, 0.3) is 0 Å². The minimum Gasteiger partial charge on any atom is -0.497 e. The Bertz CT molecular complexity index is 731. The van der Waals surface area contributed by atoms with Crippen molar-refractivity contribution in [3.8, 4) is 22.9 Å². The van der Waals surface area contributed by atoms with Crippen LogP contribution in [0.15, 0.2) is 51.7 Å². The average Bonchev–Trinajstić information content (AvgIpc) is 3.05. The molecule has 2 aromatic heterocycles. The summed E-state index contributed by atoms with van der Waals surface area (Å²) in [5.41, 5.74) is 8.07. The maximum absolute atomic E-state index is 5.99. The van der Waals surface area contributed by atoms with Gasteiger partial charge in [0.1, 0.15) is 5.75 Å². The zero-order valence-corrected chi connectivity index (χ0v) is 12.3. The number of methoxy groups -OCH3 is 1. The second-order valence-electron chi connectivity index (χ2n) is 4.18. The summed E-state index contributed by atoms with van der Waals surface area (Å²) in [4.78, 5) is 0. The Morgan fingerprint density at radius 1 is 1.20 bits per heavy atom. The molecule has 1 aromatic carbocycles. The van der Waals surface area contributed by atoms with Gasteiger partial charge in [0.2, 0.25) is 0 Å². The SMILES string of the molecule is COc1ccc(-n2cc(N)c(-c3ccc(Br)o3)n2)cc1. The van der Waals surface area contributed by atoms with Crippen molar-refractivity contribution >= 4 is 21.6 Å². The van der Waals surface area contributed by atoms with E-state index in [0.29, 0.717) is 21.8 Å². The predicted molar refractivity (Wildman–Crippen MR) is 79.9 cm³/mol. The van der Waals surface area contributed by atoms with Crippen LogP contribution in [0.1, 0.15) is 0 Å². The maximum atomic E-state index is 5.99. The van der Waals surface area contributed by atoms with E-state index >= 15 is 0 Å². The van der Waals surface area contributed by atoms with Gasteiger partial charge in [-0.3, -0.25) is 0 Å². The van der Waals surface area contributed by atoms with Crippen molar-refractivity contribution in [3.63, 3.8) is 0 Å². The molecule has 3 rings (SSSR count). The molecule has 6 heteroatoms. The number of halogens is 1. The van der Waals surface area contributed by atoms with Crippen LogP contribution in [-0.2, 0) is 0 Å². The van der Waals surface area contributed by atoms with E-state index in [0.717, 1.165) is 11.4 Å². The molecule has 0 saturated heterocycles. The zero-order valence-electron chi connectivity index (χ0n) is 10.7. The highest BCUT2D eigenvalue weighted by Crippen LogP contribution is 2.29. The molecule has 0 saturated carbocycles. The summed E-state index contributed by atoms with van der Waals surface area (Å²) in [6.45, 7) is 0. The molecule has 0 aliphatic rings. The number of rotatable bonds is 3. The third-order valence-corrected chi connectivity index (χ3v) is 3.31. The van der Waals surface area contributed by atoms with Crippen molar-refractivity contribution < 1.29 is 9.15 Å². The highest BCUT2D eigenvalue weighted by atomic mass is 79.9. The molecule has 2 heterocycles. The van der Waals surface area contributed by atoms with E-state index in [2.05, 4.69) is 21.0 Å². The Morgan fingerprint density at radius 2 is 1.95 bits per heavy atom. The third kappa shape index (κ3) is 2.30. The third-order valence-electron chi connectivity index (χ3n) is 2.89. The molecular formula is C14H12BrN3O2. The number of nitrogens with zero attached hydrogens (tertiary/aromatic N) is 2. The predicted octanol–water partition coefficient (Wildman–Crippen LogP) is 3.49. The van der Waals surface area contributed by atoms with E-state index in [4.69, 9.17) is 14.9 Å².